The smallest absolute Gasteiger partial charge is 0.237 e. The van der Waals surface area contributed by atoms with Crippen LogP contribution in [0.25, 0.3) is 0 Å². The van der Waals surface area contributed by atoms with Gasteiger partial charge >= 0.3 is 0 Å². The Hall–Kier alpha value is -2.26. The van der Waals surface area contributed by atoms with Gasteiger partial charge in [-0.25, -0.2) is 16.8 Å². The van der Waals surface area contributed by atoms with E-state index in [1.165, 1.54) is 0 Å². The van der Waals surface area contributed by atoms with Crippen LogP contribution in [0, 0.1) is 0 Å². The molecule has 0 radical (unpaired) electrons. The Morgan fingerprint density at radius 2 is 0.933 bits per heavy atom. The van der Waals surface area contributed by atoms with Gasteiger partial charge in [0.15, 0.2) is 0 Å². The summed E-state index contributed by atoms with van der Waals surface area (Å²) in [5.74, 6) is 0. The largest absolute Gasteiger partial charge is 0.381 e. The van der Waals surface area contributed by atoms with Crippen LogP contribution in [0.2, 0.25) is 0 Å². The fourth-order valence-corrected chi connectivity index (χ4v) is 3.67. The molecule has 0 unspecified atom stereocenters. The molecule has 0 bridgehead atoms. The Labute approximate surface area is 180 Å². The summed E-state index contributed by atoms with van der Waals surface area (Å²) in [6, 6.07) is 14.2. The standard InChI is InChI=1S/C21H31N3O4S2/c1-20(2,3)29(25,26)23-18-9-7-16(8-10-18)15-22-17-11-13-19(14-12-17)24-30(27,28)21(4,5)6/h7-14,22-24H,15H2,1-6H3. The molecule has 0 aliphatic carbocycles. The van der Waals surface area contributed by atoms with Gasteiger partial charge in [-0.15, -0.1) is 0 Å². The molecular weight excluding hydrogens is 422 g/mol. The van der Waals surface area contributed by atoms with Crippen molar-refractivity contribution in [2.24, 2.45) is 0 Å². The van der Waals surface area contributed by atoms with Crippen molar-refractivity contribution >= 4 is 37.1 Å². The van der Waals surface area contributed by atoms with Gasteiger partial charge in [0.1, 0.15) is 0 Å². The molecule has 2 aromatic rings. The summed E-state index contributed by atoms with van der Waals surface area (Å²) in [5.41, 5.74) is 2.84. The first-order chi connectivity index (χ1) is 13.6. The Morgan fingerprint density at radius 3 is 1.30 bits per heavy atom. The molecule has 166 valence electrons. The lowest BCUT2D eigenvalue weighted by Crippen LogP contribution is -2.33. The van der Waals surface area contributed by atoms with Gasteiger partial charge in [0.25, 0.3) is 0 Å². The molecule has 30 heavy (non-hydrogen) atoms. The van der Waals surface area contributed by atoms with E-state index in [9.17, 15) is 16.8 Å². The molecule has 0 heterocycles. The fraction of sp³-hybridized carbons (Fsp3) is 0.429. The number of rotatable bonds is 7. The number of hydrogen-bond donors (Lipinski definition) is 3. The van der Waals surface area contributed by atoms with Crippen molar-refractivity contribution in [3.05, 3.63) is 54.1 Å². The molecule has 3 N–H and O–H groups in total. The lowest BCUT2D eigenvalue weighted by Gasteiger charge is -2.20. The molecule has 0 aliphatic heterocycles. The number of benzene rings is 2. The van der Waals surface area contributed by atoms with Gasteiger partial charge in [0.2, 0.25) is 20.0 Å². The highest BCUT2D eigenvalue weighted by Gasteiger charge is 2.29. The fourth-order valence-electron chi connectivity index (χ4n) is 2.17. The van der Waals surface area contributed by atoms with Crippen molar-refractivity contribution in [1.82, 2.24) is 0 Å². The van der Waals surface area contributed by atoms with Gasteiger partial charge in [-0.2, -0.15) is 0 Å². The molecule has 9 heteroatoms. The maximum atomic E-state index is 12.2. The zero-order chi connectivity index (χ0) is 22.8. The summed E-state index contributed by atoms with van der Waals surface area (Å²) in [7, 11) is -6.92. The molecule has 0 aliphatic rings. The summed E-state index contributed by atoms with van der Waals surface area (Å²) in [5, 5.41) is 3.26. The van der Waals surface area contributed by atoms with Gasteiger partial charge in [0, 0.05) is 23.6 Å². The third-order valence-corrected chi connectivity index (χ3v) is 8.69. The molecule has 0 fully saturated rings. The summed E-state index contributed by atoms with van der Waals surface area (Å²) in [4.78, 5) is 0. The maximum Gasteiger partial charge on any atom is 0.237 e. The van der Waals surface area contributed by atoms with Crippen LogP contribution in [0.3, 0.4) is 0 Å². The summed E-state index contributed by atoms with van der Waals surface area (Å²) in [6.45, 7) is 10.4. The summed E-state index contributed by atoms with van der Waals surface area (Å²) < 4.78 is 52.3. The lowest BCUT2D eigenvalue weighted by atomic mass is 10.2. The van der Waals surface area contributed by atoms with E-state index < -0.39 is 29.5 Å². The first kappa shape index (κ1) is 24.0. The number of hydrogen-bond acceptors (Lipinski definition) is 5. The minimum Gasteiger partial charge on any atom is -0.381 e. The Bertz CT molecular complexity index is 974. The molecule has 0 amide bonds. The molecule has 0 atom stereocenters. The predicted molar refractivity (Wildman–Crippen MR) is 125 cm³/mol. The number of sulfonamides is 2. The van der Waals surface area contributed by atoms with Crippen LogP contribution in [-0.2, 0) is 26.6 Å². The molecule has 2 aromatic carbocycles. The second-order valence-corrected chi connectivity index (χ2v) is 13.9. The number of nitrogens with one attached hydrogen (secondary N) is 3. The van der Waals surface area contributed by atoms with E-state index in [1.807, 2.05) is 12.1 Å². The van der Waals surface area contributed by atoms with E-state index in [-0.39, 0.29) is 0 Å². The van der Waals surface area contributed by atoms with Crippen LogP contribution in [-0.4, -0.2) is 26.3 Å². The molecule has 7 nitrogen and oxygen atoms in total. The minimum atomic E-state index is -3.46. The minimum absolute atomic E-state index is 0.506. The van der Waals surface area contributed by atoms with E-state index >= 15 is 0 Å². The van der Waals surface area contributed by atoms with Gasteiger partial charge in [-0.1, -0.05) is 12.1 Å². The monoisotopic (exact) mass is 453 g/mol. The van der Waals surface area contributed by atoms with Crippen LogP contribution >= 0.6 is 0 Å². The van der Waals surface area contributed by atoms with Gasteiger partial charge in [-0.3, -0.25) is 9.44 Å². The van der Waals surface area contributed by atoms with E-state index in [0.29, 0.717) is 17.9 Å². The van der Waals surface area contributed by atoms with Crippen LogP contribution in [0.1, 0.15) is 47.1 Å². The Balaban J connectivity index is 1.96. The van der Waals surface area contributed by atoms with E-state index in [0.717, 1.165) is 11.3 Å². The SMILES string of the molecule is CC(C)(C)S(=O)(=O)Nc1ccc(CNc2ccc(NS(=O)(=O)C(C)(C)C)cc2)cc1. The van der Waals surface area contributed by atoms with Crippen molar-refractivity contribution in [2.75, 3.05) is 14.8 Å². The molecule has 0 aromatic heterocycles. The highest BCUT2D eigenvalue weighted by atomic mass is 32.2. The van der Waals surface area contributed by atoms with Crippen LogP contribution < -0.4 is 14.8 Å². The average molecular weight is 454 g/mol. The highest BCUT2D eigenvalue weighted by molar-refractivity contribution is 7.94. The first-order valence-electron chi connectivity index (χ1n) is 9.58. The Kier molecular flexibility index (Phi) is 6.78. The molecule has 2 rings (SSSR count). The van der Waals surface area contributed by atoms with Gasteiger partial charge < -0.3 is 5.32 Å². The molecular formula is C21H31N3O4S2. The third-order valence-electron chi connectivity index (χ3n) is 4.45. The van der Waals surface area contributed by atoms with Crippen molar-refractivity contribution in [2.45, 2.75) is 57.6 Å². The zero-order valence-corrected chi connectivity index (χ0v) is 19.9. The Morgan fingerprint density at radius 1 is 0.600 bits per heavy atom. The van der Waals surface area contributed by atoms with Crippen LogP contribution in [0.15, 0.2) is 48.5 Å². The maximum absolute atomic E-state index is 12.2. The predicted octanol–water partition coefficient (Wildman–Crippen LogP) is 4.38. The van der Waals surface area contributed by atoms with E-state index in [1.54, 1.807) is 77.9 Å². The summed E-state index contributed by atoms with van der Waals surface area (Å²) in [6.07, 6.45) is 0. The quantitative estimate of drug-likeness (QED) is 0.577. The molecule has 0 spiro atoms. The second kappa shape index (κ2) is 8.47. The first-order valence-corrected chi connectivity index (χ1v) is 12.5. The summed E-state index contributed by atoms with van der Waals surface area (Å²) >= 11 is 0. The third kappa shape index (κ3) is 6.12. The second-order valence-electron chi connectivity index (χ2n) is 9.06. The molecule has 0 saturated heterocycles. The van der Waals surface area contributed by atoms with Gasteiger partial charge in [0.05, 0.1) is 9.49 Å². The van der Waals surface area contributed by atoms with E-state index in [2.05, 4.69) is 14.8 Å². The highest BCUT2D eigenvalue weighted by Crippen LogP contribution is 2.22. The average Bonchev–Trinajstić information content (AvgIpc) is 2.60. The number of anilines is 3. The van der Waals surface area contributed by atoms with Crippen LogP contribution in [0.4, 0.5) is 17.1 Å². The van der Waals surface area contributed by atoms with E-state index in [4.69, 9.17) is 0 Å². The normalized spacial score (nSPS) is 13.0. The van der Waals surface area contributed by atoms with Crippen LogP contribution in [0.5, 0.6) is 0 Å². The van der Waals surface area contributed by atoms with Crippen molar-refractivity contribution < 1.29 is 16.8 Å². The zero-order valence-electron chi connectivity index (χ0n) is 18.3. The van der Waals surface area contributed by atoms with Gasteiger partial charge in [-0.05, 0) is 83.5 Å². The molecule has 0 saturated carbocycles. The van der Waals surface area contributed by atoms with Crippen molar-refractivity contribution in [3.63, 3.8) is 0 Å². The lowest BCUT2D eigenvalue weighted by molar-refractivity contribution is 0.565. The topological polar surface area (TPSA) is 104 Å². The van der Waals surface area contributed by atoms with Crippen molar-refractivity contribution in [1.29, 1.82) is 0 Å². The van der Waals surface area contributed by atoms with Crippen molar-refractivity contribution in [3.8, 4) is 0 Å².